The lowest BCUT2D eigenvalue weighted by molar-refractivity contribution is 0.213. The van der Waals surface area contributed by atoms with Crippen LogP contribution in [0.15, 0.2) is 60.8 Å². The van der Waals surface area contributed by atoms with Crippen molar-refractivity contribution in [1.82, 2.24) is 4.98 Å². The quantitative estimate of drug-likeness (QED) is 0.791. The zero-order valence-corrected chi connectivity index (χ0v) is 11.9. The Labute approximate surface area is 123 Å². The average Bonchev–Trinajstić information content (AvgIpc) is 2.54. The predicted molar refractivity (Wildman–Crippen MR) is 83.4 cm³/mol. The zero-order chi connectivity index (χ0) is 14.7. The molecule has 0 amide bonds. The van der Waals surface area contributed by atoms with Crippen LogP contribution in [0.2, 0.25) is 0 Å². The maximum absolute atomic E-state index is 10.8. The molecule has 0 radical (unpaired) electrons. The first kappa shape index (κ1) is 13.6. The van der Waals surface area contributed by atoms with Crippen LogP contribution in [0, 0.1) is 0 Å². The molecular weight excluding hydrogens is 262 g/mol. The van der Waals surface area contributed by atoms with Crippen LogP contribution in [0.25, 0.3) is 10.9 Å². The first-order chi connectivity index (χ1) is 10.3. The summed E-state index contributed by atoms with van der Waals surface area (Å²) in [6.45, 7) is 2.51. The summed E-state index contributed by atoms with van der Waals surface area (Å²) < 4.78 is 5.62. The summed E-state index contributed by atoms with van der Waals surface area (Å²) >= 11 is 0. The Hall–Kier alpha value is -2.39. The van der Waals surface area contributed by atoms with Crippen LogP contribution in [0.3, 0.4) is 0 Å². The molecule has 0 aliphatic carbocycles. The lowest BCUT2D eigenvalue weighted by Gasteiger charge is -2.17. The van der Waals surface area contributed by atoms with Gasteiger partial charge in [-0.25, -0.2) is 0 Å². The molecule has 3 heteroatoms. The minimum absolute atomic E-state index is 0.570. The molecule has 0 fully saturated rings. The number of hydrogen-bond donors (Lipinski definition) is 1. The van der Waals surface area contributed by atoms with Crippen molar-refractivity contribution in [2.75, 3.05) is 6.61 Å². The largest absolute Gasteiger partial charge is 0.493 e. The standard InChI is InChI=1S/C18H17NO2/c1-2-21-17-11-4-3-7-15(17)18(20)14-8-5-10-16-13(14)9-6-12-19-16/h3-12,18,20H,2H2,1H3. The van der Waals surface area contributed by atoms with Gasteiger partial charge in [-0.1, -0.05) is 36.4 Å². The number of aliphatic hydroxyl groups excluding tert-OH is 1. The van der Waals surface area contributed by atoms with Gasteiger partial charge < -0.3 is 9.84 Å². The van der Waals surface area contributed by atoms with Crippen LogP contribution in [-0.2, 0) is 0 Å². The highest BCUT2D eigenvalue weighted by Gasteiger charge is 2.17. The molecule has 2 aromatic carbocycles. The molecule has 21 heavy (non-hydrogen) atoms. The Bertz CT molecular complexity index is 750. The average molecular weight is 279 g/mol. The Kier molecular flexibility index (Phi) is 3.84. The summed E-state index contributed by atoms with van der Waals surface area (Å²) in [6.07, 6.45) is 1.02. The first-order valence-electron chi connectivity index (χ1n) is 7.04. The molecule has 0 aliphatic heterocycles. The Morgan fingerprint density at radius 1 is 1.00 bits per heavy atom. The number of para-hydroxylation sites is 1. The van der Waals surface area contributed by atoms with E-state index >= 15 is 0 Å². The molecule has 106 valence electrons. The van der Waals surface area contributed by atoms with Crippen LogP contribution >= 0.6 is 0 Å². The molecule has 1 N–H and O–H groups in total. The van der Waals surface area contributed by atoms with Gasteiger partial charge in [0.05, 0.1) is 12.1 Å². The summed E-state index contributed by atoms with van der Waals surface area (Å²) in [7, 11) is 0. The van der Waals surface area contributed by atoms with E-state index in [1.165, 1.54) is 0 Å². The van der Waals surface area contributed by atoms with Gasteiger partial charge in [0.25, 0.3) is 0 Å². The van der Waals surface area contributed by atoms with Gasteiger partial charge in [0.15, 0.2) is 0 Å². The molecule has 0 saturated carbocycles. The van der Waals surface area contributed by atoms with Crippen LogP contribution in [-0.4, -0.2) is 16.7 Å². The second-order valence-electron chi connectivity index (χ2n) is 4.79. The van der Waals surface area contributed by atoms with Crippen molar-refractivity contribution in [2.45, 2.75) is 13.0 Å². The molecule has 1 atom stereocenters. The van der Waals surface area contributed by atoms with Crippen molar-refractivity contribution in [1.29, 1.82) is 0 Å². The minimum Gasteiger partial charge on any atom is -0.493 e. The number of benzene rings is 2. The lowest BCUT2D eigenvalue weighted by atomic mass is 9.97. The van der Waals surface area contributed by atoms with Crippen LogP contribution in [0.1, 0.15) is 24.2 Å². The fourth-order valence-corrected chi connectivity index (χ4v) is 2.53. The summed E-state index contributed by atoms with van der Waals surface area (Å²) in [4.78, 5) is 4.33. The summed E-state index contributed by atoms with van der Waals surface area (Å²) in [6, 6.07) is 17.2. The molecule has 0 spiro atoms. The number of nitrogens with zero attached hydrogens (tertiary/aromatic N) is 1. The number of pyridine rings is 1. The van der Waals surface area contributed by atoms with Gasteiger partial charge in [0, 0.05) is 17.1 Å². The van der Waals surface area contributed by atoms with E-state index in [0.29, 0.717) is 12.4 Å². The van der Waals surface area contributed by atoms with Crippen molar-refractivity contribution in [3.63, 3.8) is 0 Å². The van der Waals surface area contributed by atoms with E-state index in [9.17, 15) is 5.11 Å². The number of ether oxygens (including phenoxy) is 1. The highest BCUT2D eigenvalue weighted by Crippen LogP contribution is 2.33. The third kappa shape index (κ3) is 2.60. The summed E-state index contributed by atoms with van der Waals surface area (Å²) in [5.41, 5.74) is 2.49. The van der Waals surface area contributed by atoms with Gasteiger partial charge in [-0.15, -0.1) is 0 Å². The van der Waals surface area contributed by atoms with E-state index in [4.69, 9.17) is 4.74 Å². The number of aliphatic hydroxyl groups is 1. The van der Waals surface area contributed by atoms with Gasteiger partial charge in [-0.2, -0.15) is 0 Å². The fourth-order valence-electron chi connectivity index (χ4n) is 2.53. The van der Waals surface area contributed by atoms with E-state index in [2.05, 4.69) is 4.98 Å². The Morgan fingerprint density at radius 2 is 1.81 bits per heavy atom. The third-order valence-corrected chi connectivity index (χ3v) is 3.49. The number of rotatable bonds is 4. The molecule has 1 unspecified atom stereocenters. The van der Waals surface area contributed by atoms with Gasteiger partial charge in [-0.3, -0.25) is 4.98 Å². The van der Waals surface area contributed by atoms with Gasteiger partial charge >= 0.3 is 0 Å². The van der Waals surface area contributed by atoms with Crippen LogP contribution in [0.4, 0.5) is 0 Å². The summed E-state index contributed by atoms with van der Waals surface area (Å²) in [5, 5.41) is 11.7. The molecule has 3 rings (SSSR count). The Morgan fingerprint density at radius 3 is 2.67 bits per heavy atom. The Balaban J connectivity index is 2.11. The van der Waals surface area contributed by atoms with E-state index in [1.807, 2.05) is 61.5 Å². The molecule has 0 bridgehead atoms. The summed E-state index contributed by atoms with van der Waals surface area (Å²) in [5.74, 6) is 0.716. The van der Waals surface area contributed by atoms with Crippen molar-refractivity contribution in [2.24, 2.45) is 0 Å². The topological polar surface area (TPSA) is 42.4 Å². The lowest BCUT2D eigenvalue weighted by Crippen LogP contribution is -2.04. The highest BCUT2D eigenvalue weighted by atomic mass is 16.5. The molecule has 3 aromatic rings. The zero-order valence-electron chi connectivity index (χ0n) is 11.9. The molecule has 0 saturated heterocycles. The minimum atomic E-state index is -0.736. The normalized spacial score (nSPS) is 12.3. The molecular formula is C18H17NO2. The van der Waals surface area contributed by atoms with E-state index in [1.54, 1.807) is 6.20 Å². The number of hydrogen-bond acceptors (Lipinski definition) is 3. The van der Waals surface area contributed by atoms with Crippen molar-refractivity contribution < 1.29 is 9.84 Å². The van der Waals surface area contributed by atoms with Crippen molar-refractivity contribution >= 4 is 10.9 Å². The number of fused-ring (bicyclic) bond motifs is 1. The smallest absolute Gasteiger partial charge is 0.125 e. The van der Waals surface area contributed by atoms with Gasteiger partial charge in [0.1, 0.15) is 11.9 Å². The van der Waals surface area contributed by atoms with Gasteiger partial charge in [0.2, 0.25) is 0 Å². The molecule has 0 aliphatic rings. The van der Waals surface area contributed by atoms with Crippen LogP contribution < -0.4 is 4.74 Å². The third-order valence-electron chi connectivity index (χ3n) is 3.49. The van der Waals surface area contributed by atoms with Gasteiger partial charge in [-0.05, 0) is 30.7 Å². The molecule has 1 aromatic heterocycles. The second-order valence-corrected chi connectivity index (χ2v) is 4.79. The monoisotopic (exact) mass is 279 g/mol. The van der Waals surface area contributed by atoms with E-state index in [-0.39, 0.29) is 0 Å². The van der Waals surface area contributed by atoms with Crippen molar-refractivity contribution in [3.8, 4) is 5.75 Å². The molecule has 3 nitrogen and oxygen atoms in total. The fraction of sp³-hybridized carbons (Fsp3) is 0.167. The second kappa shape index (κ2) is 5.94. The SMILES string of the molecule is CCOc1ccccc1C(O)c1cccc2ncccc12. The van der Waals surface area contributed by atoms with Crippen molar-refractivity contribution in [3.05, 3.63) is 71.9 Å². The van der Waals surface area contributed by atoms with E-state index in [0.717, 1.165) is 22.0 Å². The number of aromatic nitrogens is 1. The maximum atomic E-state index is 10.8. The van der Waals surface area contributed by atoms with Crippen LogP contribution in [0.5, 0.6) is 5.75 Å². The van der Waals surface area contributed by atoms with E-state index < -0.39 is 6.10 Å². The molecule has 1 heterocycles. The first-order valence-corrected chi connectivity index (χ1v) is 7.04. The highest BCUT2D eigenvalue weighted by molar-refractivity contribution is 5.82. The predicted octanol–water partition coefficient (Wildman–Crippen LogP) is 3.72. The maximum Gasteiger partial charge on any atom is 0.125 e.